The number of nitrogens with one attached hydrogen (secondary N) is 1. The smallest absolute Gasteiger partial charge is 0.0698 e. The van der Waals surface area contributed by atoms with E-state index in [2.05, 4.69) is 17.3 Å². The van der Waals surface area contributed by atoms with Gasteiger partial charge in [-0.1, -0.05) is 0 Å². The van der Waals surface area contributed by atoms with Crippen molar-refractivity contribution in [3.8, 4) is 0 Å². The molecular weight excluding hydrogens is 180 g/mol. The first-order chi connectivity index (χ1) is 6.84. The van der Waals surface area contributed by atoms with Crippen LogP contribution in [0, 0.1) is 0 Å². The van der Waals surface area contributed by atoms with Crippen molar-refractivity contribution in [2.45, 2.75) is 18.9 Å². The van der Waals surface area contributed by atoms with E-state index in [-0.39, 0.29) is 6.61 Å². The van der Waals surface area contributed by atoms with Crippen molar-refractivity contribution in [3.63, 3.8) is 0 Å². The number of hydrogen-bond donors (Lipinski definition) is 2. The van der Waals surface area contributed by atoms with Crippen molar-refractivity contribution in [2.75, 3.05) is 46.5 Å². The highest BCUT2D eigenvalue weighted by atomic mass is 16.5. The fourth-order valence-electron chi connectivity index (χ4n) is 1.81. The number of likely N-dealkylation sites (N-methyl/N-ethyl adjacent to an activating group) is 1. The summed E-state index contributed by atoms with van der Waals surface area (Å²) in [6.07, 6.45) is 2.47. The number of hydrogen-bond acceptors (Lipinski definition) is 4. The van der Waals surface area contributed by atoms with Crippen molar-refractivity contribution in [2.24, 2.45) is 0 Å². The number of piperidine rings is 1. The summed E-state index contributed by atoms with van der Waals surface area (Å²) in [5.41, 5.74) is 0. The molecule has 0 amide bonds. The molecule has 84 valence electrons. The zero-order chi connectivity index (χ0) is 10.2. The Balaban J connectivity index is 2.04. The lowest BCUT2D eigenvalue weighted by Gasteiger charge is -2.31. The van der Waals surface area contributed by atoms with E-state index in [0.29, 0.717) is 12.6 Å². The van der Waals surface area contributed by atoms with Crippen LogP contribution in [0.2, 0.25) is 0 Å². The van der Waals surface area contributed by atoms with Gasteiger partial charge in [0.2, 0.25) is 0 Å². The molecule has 4 heteroatoms. The maximum absolute atomic E-state index is 8.53. The fraction of sp³-hybridized carbons (Fsp3) is 1.00. The van der Waals surface area contributed by atoms with Crippen LogP contribution in [0.4, 0.5) is 0 Å². The number of ether oxygens (including phenoxy) is 1. The predicted octanol–water partition coefficient (Wildman–Crippen LogP) is -0.321. The Labute approximate surface area is 86.2 Å². The summed E-state index contributed by atoms with van der Waals surface area (Å²) in [6.45, 7) is 4.53. The minimum Gasteiger partial charge on any atom is -0.394 e. The summed E-state index contributed by atoms with van der Waals surface area (Å²) in [4.78, 5) is 2.36. The van der Waals surface area contributed by atoms with E-state index in [1.54, 1.807) is 0 Å². The van der Waals surface area contributed by atoms with Gasteiger partial charge in [-0.2, -0.15) is 0 Å². The summed E-state index contributed by atoms with van der Waals surface area (Å²) in [5.74, 6) is 0. The minimum atomic E-state index is 0.122. The Kier molecular flexibility index (Phi) is 6.10. The number of nitrogens with zero attached hydrogens (tertiary/aromatic N) is 1. The lowest BCUT2D eigenvalue weighted by molar-refractivity contribution is 0.0666. The number of rotatable bonds is 6. The molecule has 0 aromatic carbocycles. The highest BCUT2D eigenvalue weighted by Gasteiger charge is 2.16. The Morgan fingerprint density at radius 2 is 2.07 bits per heavy atom. The van der Waals surface area contributed by atoms with Crippen LogP contribution in [-0.2, 0) is 4.74 Å². The molecular formula is C10H22N2O2. The second kappa shape index (κ2) is 7.17. The van der Waals surface area contributed by atoms with Gasteiger partial charge < -0.3 is 20.1 Å². The van der Waals surface area contributed by atoms with Gasteiger partial charge in [-0.25, -0.2) is 0 Å². The topological polar surface area (TPSA) is 44.7 Å². The average Bonchev–Trinajstić information content (AvgIpc) is 2.25. The van der Waals surface area contributed by atoms with Gasteiger partial charge in [-0.3, -0.25) is 0 Å². The number of aliphatic hydroxyl groups is 1. The first kappa shape index (κ1) is 11.9. The Bertz CT molecular complexity index is 138. The molecule has 0 atom stereocenters. The molecule has 14 heavy (non-hydrogen) atoms. The molecule has 1 fully saturated rings. The third kappa shape index (κ3) is 4.37. The van der Waals surface area contributed by atoms with Crippen LogP contribution in [0.3, 0.4) is 0 Å². The van der Waals surface area contributed by atoms with E-state index < -0.39 is 0 Å². The van der Waals surface area contributed by atoms with Gasteiger partial charge >= 0.3 is 0 Å². The van der Waals surface area contributed by atoms with Crippen molar-refractivity contribution in [3.05, 3.63) is 0 Å². The first-order valence-electron chi connectivity index (χ1n) is 5.44. The number of aliphatic hydroxyl groups excluding tert-OH is 1. The highest BCUT2D eigenvalue weighted by Crippen LogP contribution is 2.08. The maximum Gasteiger partial charge on any atom is 0.0698 e. The molecule has 1 saturated heterocycles. The normalized spacial score (nSPS) is 19.1. The molecule has 2 N–H and O–H groups in total. The first-order valence-corrected chi connectivity index (χ1v) is 5.44. The van der Waals surface area contributed by atoms with E-state index in [1.165, 1.54) is 12.8 Å². The molecule has 1 rings (SSSR count). The molecule has 1 heterocycles. The molecule has 4 nitrogen and oxygen atoms in total. The largest absolute Gasteiger partial charge is 0.394 e. The maximum atomic E-state index is 8.53. The van der Waals surface area contributed by atoms with Crippen molar-refractivity contribution in [1.82, 2.24) is 10.2 Å². The van der Waals surface area contributed by atoms with E-state index in [1.807, 2.05) is 0 Å². The minimum absolute atomic E-state index is 0.122. The van der Waals surface area contributed by atoms with Crippen LogP contribution in [-0.4, -0.2) is 62.6 Å². The third-order valence-corrected chi connectivity index (χ3v) is 2.76. The Hall–Kier alpha value is -0.160. The zero-order valence-corrected chi connectivity index (χ0v) is 9.04. The van der Waals surface area contributed by atoms with Gasteiger partial charge in [-0.15, -0.1) is 0 Å². The molecule has 0 unspecified atom stereocenters. The molecule has 0 bridgehead atoms. The van der Waals surface area contributed by atoms with Gasteiger partial charge in [0.1, 0.15) is 0 Å². The fourth-order valence-corrected chi connectivity index (χ4v) is 1.81. The molecule has 0 aromatic heterocycles. The van der Waals surface area contributed by atoms with Crippen LogP contribution in [0.15, 0.2) is 0 Å². The molecule has 1 aliphatic heterocycles. The van der Waals surface area contributed by atoms with Crippen LogP contribution in [0.5, 0.6) is 0 Å². The molecule has 0 spiro atoms. The van der Waals surface area contributed by atoms with Crippen LogP contribution < -0.4 is 5.32 Å². The van der Waals surface area contributed by atoms with Gasteiger partial charge in [0, 0.05) is 12.6 Å². The van der Waals surface area contributed by atoms with Gasteiger partial charge in [0.25, 0.3) is 0 Å². The van der Waals surface area contributed by atoms with Crippen molar-refractivity contribution < 1.29 is 9.84 Å². The van der Waals surface area contributed by atoms with Gasteiger partial charge in [-0.05, 0) is 33.0 Å². The second-order valence-electron chi connectivity index (χ2n) is 3.80. The second-order valence-corrected chi connectivity index (χ2v) is 3.80. The van der Waals surface area contributed by atoms with E-state index in [0.717, 1.165) is 26.2 Å². The van der Waals surface area contributed by atoms with Crippen LogP contribution >= 0.6 is 0 Å². The molecule has 0 saturated carbocycles. The Morgan fingerprint density at radius 3 is 2.71 bits per heavy atom. The van der Waals surface area contributed by atoms with Gasteiger partial charge in [0.15, 0.2) is 0 Å². The average molecular weight is 202 g/mol. The summed E-state index contributed by atoms with van der Waals surface area (Å²) < 4.78 is 5.24. The predicted molar refractivity (Wildman–Crippen MR) is 56.4 cm³/mol. The Morgan fingerprint density at radius 1 is 1.36 bits per heavy atom. The van der Waals surface area contributed by atoms with Gasteiger partial charge in [0.05, 0.1) is 19.8 Å². The molecule has 0 aromatic rings. The van der Waals surface area contributed by atoms with Crippen molar-refractivity contribution >= 4 is 0 Å². The SMILES string of the molecule is CN(CCOCCO)C1CCNCC1. The molecule has 0 radical (unpaired) electrons. The zero-order valence-electron chi connectivity index (χ0n) is 9.04. The summed E-state index contributed by atoms with van der Waals surface area (Å²) in [7, 11) is 2.15. The van der Waals surface area contributed by atoms with E-state index in [4.69, 9.17) is 9.84 Å². The lowest BCUT2D eigenvalue weighted by atomic mass is 10.1. The molecule has 1 aliphatic rings. The van der Waals surface area contributed by atoms with Crippen LogP contribution in [0.1, 0.15) is 12.8 Å². The quantitative estimate of drug-likeness (QED) is 0.579. The standard InChI is InChI=1S/C10H22N2O2/c1-12(6-8-14-9-7-13)10-2-4-11-5-3-10/h10-11,13H,2-9H2,1H3. The summed E-state index contributed by atoms with van der Waals surface area (Å²) in [6, 6.07) is 0.703. The molecule has 0 aliphatic carbocycles. The van der Waals surface area contributed by atoms with Crippen molar-refractivity contribution in [1.29, 1.82) is 0 Å². The van der Waals surface area contributed by atoms with E-state index in [9.17, 15) is 0 Å². The summed E-state index contributed by atoms with van der Waals surface area (Å²) >= 11 is 0. The third-order valence-electron chi connectivity index (χ3n) is 2.76. The van der Waals surface area contributed by atoms with Crippen LogP contribution in [0.25, 0.3) is 0 Å². The monoisotopic (exact) mass is 202 g/mol. The lowest BCUT2D eigenvalue weighted by Crippen LogP contribution is -2.42. The van der Waals surface area contributed by atoms with E-state index >= 15 is 0 Å². The highest BCUT2D eigenvalue weighted by molar-refractivity contribution is 4.75. The summed E-state index contributed by atoms with van der Waals surface area (Å²) in [5, 5.41) is 11.9.